The molecule has 0 aliphatic carbocycles. The molecule has 0 radical (unpaired) electrons. The predicted molar refractivity (Wildman–Crippen MR) is 54.0 cm³/mol. The Labute approximate surface area is 95.6 Å². The standard InChI is InChI=1S/C10H9ClF2O3/c1-4(10(14)15)7-5(12)3-6(16-2)8(11)9(7)13/h3-4H,1-2H3,(H,14,15). The molecule has 1 aromatic carbocycles. The van der Waals surface area contributed by atoms with Crippen LogP contribution in [-0.2, 0) is 4.79 Å². The molecule has 88 valence electrons. The van der Waals surface area contributed by atoms with Gasteiger partial charge in [0.1, 0.15) is 16.6 Å². The summed E-state index contributed by atoms with van der Waals surface area (Å²) in [6.45, 7) is 1.17. The van der Waals surface area contributed by atoms with Gasteiger partial charge >= 0.3 is 5.97 Å². The Hall–Kier alpha value is -1.36. The third kappa shape index (κ3) is 2.09. The summed E-state index contributed by atoms with van der Waals surface area (Å²) in [6, 6.07) is 0.861. The highest BCUT2D eigenvalue weighted by Crippen LogP contribution is 2.34. The number of aliphatic carboxylic acids is 1. The van der Waals surface area contributed by atoms with Crippen LogP contribution in [0.2, 0.25) is 5.02 Å². The second kappa shape index (κ2) is 4.65. The molecule has 0 fully saturated rings. The lowest BCUT2D eigenvalue weighted by Gasteiger charge is -2.12. The van der Waals surface area contributed by atoms with Crippen molar-refractivity contribution in [2.45, 2.75) is 12.8 Å². The van der Waals surface area contributed by atoms with E-state index in [9.17, 15) is 13.6 Å². The summed E-state index contributed by atoms with van der Waals surface area (Å²) in [4.78, 5) is 10.7. The number of rotatable bonds is 3. The van der Waals surface area contributed by atoms with Gasteiger partial charge in [0.25, 0.3) is 0 Å². The molecule has 0 saturated heterocycles. The Morgan fingerprint density at radius 2 is 2.12 bits per heavy atom. The van der Waals surface area contributed by atoms with E-state index in [1.54, 1.807) is 0 Å². The predicted octanol–water partition coefficient (Wildman–Crippen LogP) is 2.81. The zero-order chi connectivity index (χ0) is 12.5. The third-order valence-electron chi connectivity index (χ3n) is 2.18. The molecule has 1 rings (SSSR count). The van der Waals surface area contributed by atoms with Gasteiger partial charge in [-0.15, -0.1) is 0 Å². The van der Waals surface area contributed by atoms with E-state index in [1.165, 1.54) is 14.0 Å². The molecule has 0 aliphatic rings. The molecule has 1 unspecified atom stereocenters. The number of hydrogen-bond donors (Lipinski definition) is 1. The first-order chi connectivity index (χ1) is 7.40. The summed E-state index contributed by atoms with van der Waals surface area (Å²) >= 11 is 5.56. The van der Waals surface area contributed by atoms with Gasteiger partial charge in [0.15, 0.2) is 5.82 Å². The second-order valence-electron chi connectivity index (χ2n) is 3.16. The molecule has 0 aromatic heterocycles. The number of carboxylic acid groups (broad SMARTS) is 1. The van der Waals surface area contributed by atoms with Gasteiger partial charge in [-0.1, -0.05) is 11.6 Å². The average Bonchev–Trinajstić information content (AvgIpc) is 2.23. The van der Waals surface area contributed by atoms with E-state index in [-0.39, 0.29) is 5.75 Å². The number of carbonyl (C=O) groups is 1. The zero-order valence-corrected chi connectivity index (χ0v) is 9.31. The van der Waals surface area contributed by atoms with Crippen LogP contribution in [0.3, 0.4) is 0 Å². The molecular weight excluding hydrogens is 242 g/mol. The summed E-state index contributed by atoms with van der Waals surface area (Å²) in [6.07, 6.45) is 0. The highest BCUT2D eigenvalue weighted by molar-refractivity contribution is 6.32. The molecule has 0 aliphatic heterocycles. The Morgan fingerprint density at radius 1 is 1.56 bits per heavy atom. The Morgan fingerprint density at radius 3 is 2.56 bits per heavy atom. The van der Waals surface area contributed by atoms with Gasteiger partial charge in [0.2, 0.25) is 0 Å². The van der Waals surface area contributed by atoms with E-state index >= 15 is 0 Å². The maximum atomic E-state index is 13.6. The van der Waals surface area contributed by atoms with Crippen molar-refractivity contribution >= 4 is 17.6 Å². The number of carboxylic acids is 1. The fourth-order valence-electron chi connectivity index (χ4n) is 1.26. The quantitative estimate of drug-likeness (QED) is 0.839. The summed E-state index contributed by atoms with van der Waals surface area (Å²) < 4.78 is 31.7. The van der Waals surface area contributed by atoms with Crippen molar-refractivity contribution in [2.24, 2.45) is 0 Å². The smallest absolute Gasteiger partial charge is 0.310 e. The van der Waals surface area contributed by atoms with Gasteiger partial charge in [0.05, 0.1) is 13.0 Å². The van der Waals surface area contributed by atoms with Crippen molar-refractivity contribution < 1.29 is 23.4 Å². The van der Waals surface area contributed by atoms with Crippen LogP contribution in [0, 0.1) is 11.6 Å². The maximum absolute atomic E-state index is 13.6. The number of hydrogen-bond acceptors (Lipinski definition) is 2. The molecule has 16 heavy (non-hydrogen) atoms. The highest BCUT2D eigenvalue weighted by Gasteiger charge is 2.26. The molecule has 0 spiro atoms. The SMILES string of the molecule is COc1cc(F)c(C(C)C(=O)O)c(F)c1Cl. The zero-order valence-electron chi connectivity index (χ0n) is 8.55. The number of ether oxygens (including phenoxy) is 1. The monoisotopic (exact) mass is 250 g/mol. The first kappa shape index (κ1) is 12.7. The fourth-order valence-corrected chi connectivity index (χ4v) is 1.49. The molecule has 1 aromatic rings. The maximum Gasteiger partial charge on any atom is 0.310 e. The van der Waals surface area contributed by atoms with Gasteiger partial charge in [-0.2, -0.15) is 0 Å². The molecule has 1 N–H and O–H groups in total. The van der Waals surface area contributed by atoms with Crippen molar-refractivity contribution in [3.05, 3.63) is 28.3 Å². The van der Waals surface area contributed by atoms with Crippen molar-refractivity contribution in [2.75, 3.05) is 7.11 Å². The first-order valence-corrected chi connectivity index (χ1v) is 4.72. The van der Waals surface area contributed by atoms with E-state index in [2.05, 4.69) is 4.74 Å². The number of halogens is 3. The van der Waals surface area contributed by atoms with Gasteiger partial charge in [-0.25, -0.2) is 8.78 Å². The van der Waals surface area contributed by atoms with Gasteiger partial charge < -0.3 is 9.84 Å². The van der Waals surface area contributed by atoms with E-state index in [1.807, 2.05) is 0 Å². The summed E-state index contributed by atoms with van der Waals surface area (Å²) in [5.41, 5.74) is -0.571. The van der Waals surface area contributed by atoms with E-state index < -0.39 is 34.1 Å². The van der Waals surface area contributed by atoms with Crippen molar-refractivity contribution in [1.29, 1.82) is 0 Å². The van der Waals surface area contributed by atoms with Gasteiger partial charge in [-0.05, 0) is 6.92 Å². The Kier molecular flexibility index (Phi) is 3.70. The molecule has 0 heterocycles. The summed E-state index contributed by atoms with van der Waals surface area (Å²) in [5, 5.41) is 8.27. The lowest BCUT2D eigenvalue weighted by molar-refractivity contribution is -0.138. The molecule has 0 saturated carbocycles. The van der Waals surface area contributed by atoms with Crippen molar-refractivity contribution in [3.63, 3.8) is 0 Å². The van der Waals surface area contributed by atoms with Crippen molar-refractivity contribution in [1.82, 2.24) is 0 Å². The summed E-state index contributed by atoms with van der Waals surface area (Å²) in [5.74, 6) is -4.91. The van der Waals surface area contributed by atoms with E-state index in [0.717, 1.165) is 6.07 Å². The highest BCUT2D eigenvalue weighted by atomic mass is 35.5. The lowest BCUT2D eigenvalue weighted by atomic mass is 10.00. The van der Waals surface area contributed by atoms with E-state index in [0.29, 0.717) is 0 Å². The summed E-state index contributed by atoms with van der Waals surface area (Å²) in [7, 11) is 1.21. The minimum Gasteiger partial charge on any atom is -0.495 e. The van der Waals surface area contributed by atoms with E-state index in [4.69, 9.17) is 16.7 Å². The molecule has 6 heteroatoms. The number of benzene rings is 1. The first-order valence-electron chi connectivity index (χ1n) is 4.34. The largest absolute Gasteiger partial charge is 0.495 e. The second-order valence-corrected chi connectivity index (χ2v) is 3.54. The normalized spacial score (nSPS) is 12.3. The molecular formula is C10H9ClF2O3. The Balaban J connectivity index is 3.41. The van der Waals surface area contributed by atoms with Gasteiger partial charge in [0, 0.05) is 11.6 Å². The molecule has 0 amide bonds. The van der Waals surface area contributed by atoms with Crippen LogP contribution in [-0.4, -0.2) is 18.2 Å². The van der Waals surface area contributed by atoms with Gasteiger partial charge in [-0.3, -0.25) is 4.79 Å². The van der Waals surface area contributed by atoms with Crippen LogP contribution in [0.5, 0.6) is 5.75 Å². The molecule has 1 atom stereocenters. The van der Waals surface area contributed by atoms with Crippen LogP contribution in [0.1, 0.15) is 18.4 Å². The van der Waals surface area contributed by atoms with Crippen molar-refractivity contribution in [3.8, 4) is 5.75 Å². The average molecular weight is 251 g/mol. The molecule has 0 bridgehead atoms. The minimum atomic E-state index is -1.33. The van der Waals surface area contributed by atoms with Crippen LogP contribution in [0.15, 0.2) is 6.07 Å². The van der Waals surface area contributed by atoms with Crippen LogP contribution >= 0.6 is 11.6 Å². The fraction of sp³-hybridized carbons (Fsp3) is 0.300. The molecule has 3 nitrogen and oxygen atoms in total. The number of methoxy groups -OCH3 is 1. The lowest BCUT2D eigenvalue weighted by Crippen LogP contribution is -2.12. The minimum absolute atomic E-state index is 0.169. The topological polar surface area (TPSA) is 46.5 Å². The van der Waals surface area contributed by atoms with Crippen LogP contribution < -0.4 is 4.74 Å². The van der Waals surface area contributed by atoms with Crippen LogP contribution in [0.25, 0.3) is 0 Å². The van der Waals surface area contributed by atoms with Crippen LogP contribution in [0.4, 0.5) is 8.78 Å². The Bertz CT molecular complexity index is 435. The third-order valence-corrected chi connectivity index (χ3v) is 2.54.